The fourth-order valence-electron chi connectivity index (χ4n) is 7.83. The summed E-state index contributed by atoms with van der Waals surface area (Å²) in [4.78, 5) is 2.31. The summed E-state index contributed by atoms with van der Waals surface area (Å²) in [5.41, 5.74) is 11.1. The summed E-state index contributed by atoms with van der Waals surface area (Å²) < 4.78 is 15.7. The zero-order valence-corrected chi connectivity index (χ0v) is 28.7. The summed E-state index contributed by atoms with van der Waals surface area (Å²) in [6.45, 7) is 0. The molecule has 3 aromatic heterocycles. The molecule has 0 saturated carbocycles. The van der Waals surface area contributed by atoms with Crippen LogP contribution in [0, 0.1) is 0 Å². The van der Waals surface area contributed by atoms with Crippen LogP contribution < -0.4 is 4.90 Å². The van der Waals surface area contributed by atoms with Gasteiger partial charge in [0.2, 0.25) is 0 Å². The van der Waals surface area contributed by atoms with Gasteiger partial charge in [-0.1, -0.05) is 115 Å². The fourth-order valence-corrected chi connectivity index (χ4v) is 8.92. The number of anilines is 3. The molecular weight excluding hydrogens is 655 g/mol. The van der Waals surface area contributed by atoms with E-state index in [1.54, 1.807) is 0 Å². The van der Waals surface area contributed by atoms with Gasteiger partial charge in [-0.15, -0.1) is 11.3 Å². The Hall–Kier alpha value is -6.62. The van der Waals surface area contributed by atoms with Crippen LogP contribution in [0.2, 0.25) is 0 Å². The lowest BCUT2D eigenvalue weighted by atomic mass is 10.0. The Morgan fingerprint density at radius 3 is 1.79 bits per heavy atom. The second-order valence-corrected chi connectivity index (χ2v) is 14.4. The number of para-hydroxylation sites is 4. The SMILES string of the molecule is c1cc(-c2cccc3c2oc2ccccc23)cc(N(c2ccc(-c3ccc4sc5ccccc5c4c3)cc2)c2cccc3c2oc2ccccc23)c1. The third kappa shape index (κ3) is 4.51. The first-order valence-electron chi connectivity index (χ1n) is 17.5. The van der Waals surface area contributed by atoms with Crippen molar-refractivity contribution >= 4 is 92.4 Å². The monoisotopic (exact) mass is 683 g/mol. The minimum absolute atomic E-state index is 0.854. The van der Waals surface area contributed by atoms with Crippen molar-refractivity contribution in [1.82, 2.24) is 0 Å². The van der Waals surface area contributed by atoms with Gasteiger partial charge in [-0.25, -0.2) is 0 Å². The fraction of sp³-hybridized carbons (Fsp3) is 0. The molecule has 3 heterocycles. The number of thiophene rings is 1. The molecule has 52 heavy (non-hydrogen) atoms. The quantitative estimate of drug-likeness (QED) is 0.181. The largest absolute Gasteiger partial charge is 0.455 e. The Balaban J connectivity index is 1.08. The van der Waals surface area contributed by atoms with E-state index in [0.29, 0.717) is 0 Å². The number of benzene rings is 8. The van der Waals surface area contributed by atoms with Crippen LogP contribution in [0.1, 0.15) is 0 Å². The molecule has 0 amide bonds. The van der Waals surface area contributed by atoms with E-state index < -0.39 is 0 Å². The highest BCUT2D eigenvalue weighted by molar-refractivity contribution is 7.25. The Morgan fingerprint density at radius 2 is 0.981 bits per heavy atom. The van der Waals surface area contributed by atoms with Crippen molar-refractivity contribution in [2.24, 2.45) is 0 Å². The molecule has 0 fully saturated rings. The molecule has 3 nitrogen and oxygen atoms in total. The minimum Gasteiger partial charge on any atom is -0.455 e. The zero-order chi connectivity index (χ0) is 34.2. The summed E-state index contributed by atoms with van der Waals surface area (Å²) in [5, 5.41) is 7.05. The van der Waals surface area contributed by atoms with E-state index >= 15 is 0 Å². The molecule has 0 radical (unpaired) electrons. The molecule has 0 saturated heterocycles. The first-order valence-corrected chi connectivity index (χ1v) is 18.3. The molecule has 11 aromatic rings. The van der Waals surface area contributed by atoms with Gasteiger partial charge in [0.15, 0.2) is 5.58 Å². The van der Waals surface area contributed by atoms with Gasteiger partial charge in [0.05, 0.1) is 5.69 Å². The van der Waals surface area contributed by atoms with Crippen LogP contribution >= 0.6 is 11.3 Å². The standard InChI is InChI=1S/C48H29NO2S/c1-4-19-43-36(12-1)39-16-8-15-35(47(39)50-43)32-10-7-11-34(28-32)49(42-18-9-17-40-37-13-2-5-20-44(37)51-48(40)42)33-25-22-30(23-26-33)31-24-27-46-41(29-31)38-14-3-6-21-45(38)52-46/h1-29H. The van der Waals surface area contributed by atoms with Crippen molar-refractivity contribution in [3.63, 3.8) is 0 Å². The van der Waals surface area contributed by atoms with Gasteiger partial charge in [0.1, 0.15) is 16.7 Å². The molecule has 0 aliphatic carbocycles. The summed E-state index contributed by atoms with van der Waals surface area (Å²) >= 11 is 1.85. The van der Waals surface area contributed by atoms with Crippen molar-refractivity contribution in [2.45, 2.75) is 0 Å². The third-order valence-electron chi connectivity index (χ3n) is 10.3. The lowest BCUT2D eigenvalue weighted by Crippen LogP contribution is -2.10. The maximum absolute atomic E-state index is 6.62. The van der Waals surface area contributed by atoms with Crippen LogP contribution in [-0.4, -0.2) is 0 Å². The molecule has 0 N–H and O–H groups in total. The van der Waals surface area contributed by atoms with Gasteiger partial charge in [-0.05, 0) is 77.4 Å². The number of hydrogen-bond acceptors (Lipinski definition) is 4. The van der Waals surface area contributed by atoms with Crippen LogP contribution in [0.3, 0.4) is 0 Å². The van der Waals surface area contributed by atoms with Gasteiger partial charge in [0.25, 0.3) is 0 Å². The molecule has 0 unspecified atom stereocenters. The number of hydrogen-bond donors (Lipinski definition) is 0. The molecule has 11 rings (SSSR count). The molecule has 0 bridgehead atoms. The minimum atomic E-state index is 0.854. The Labute approximate surface area is 303 Å². The summed E-state index contributed by atoms with van der Waals surface area (Å²) in [6.07, 6.45) is 0. The van der Waals surface area contributed by atoms with Crippen molar-refractivity contribution in [1.29, 1.82) is 0 Å². The molecular formula is C48H29NO2S. The Kier molecular flexibility index (Phi) is 6.42. The van der Waals surface area contributed by atoms with E-state index in [9.17, 15) is 0 Å². The predicted molar refractivity (Wildman–Crippen MR) is 219 cm³/mol. The van der Waals surface area contributed by atoms with Crippen LogP contribution in [0.5, 0.6) is 0 Å². The molecule has 0 aliphatic rings. The maximum Gasteiger partial charge on any atom is 0.159 e. The number of rotatable bonds is 5. The molecule has 244 valence electrons. The second-order valence-electron chi connectivity index (χ2n) is 13.3. The van der Waals surface area contributed by atoms with Gasteiger partial charge in [-0.2, -0.15) is 0 Å². The third-order valence-corrected chi connectivity index (χ3v) is 11.4. The van der Waals surface area contributed by atoms with Crippen molar-refractivity contribution in [2.75, 3.05) is 4.90 Å². The predicted octanol–water partition coefficient (Wildman–Crippen LogP) is 14.7. The highest BCUT2D eigenvalue weighted by Crippen LogP contribution is 2.44. The van der Waals surface area contributed by atoms with Crippen LogP contribution in [-0.2, 0) is 0 Å². The van der Waals surface area contributed by atoms with Crippen molar-refractivity contribution in [3.8, 4) is 22.3 Å². The van der Waals surface area contributed by atoms with Crippen LogP contribution in [0.25, 0.3) is 86.3 Å². The first-order chi connectivity index (χ1) is 25.8. The van der Waals surface area contributed by atoms with Gasteiger partial charge in [0, 0.05) is 58.7 Å². The van der Waals surface area contributed by atoms with E-state index in [1.807, 2.05) is 35.6 Å². The lowest BCUT2D eigenvalue weighted by Gasteiger charge is -2.26. The lowest BCUT2D eigenvalue weighted by molar-refractivity contribution is 0.669. The Bertz CT molecular complexity index is 3150. The summed E-state index contributed by atoms with van der Waals surface area (Å²) in [6, 6.07) is 62.5. The van der Waals surface area contributed by atoms with Crippen LogP contribution in [0.15, 0.2) is 185 Å². The summed E-state index contributed by atoms with van der Waals surface area (Å²) in [5.74, 6) is 0. The molecule has 8 aromatic carbocycles. The number of furan rings is 2. The highest BCUT2D eigenvalue weighted by Gasteiger charge is 2.21. The van der Waals surface area contributed by atoms with E-state index in [1.165, 1.54) is 31.3 Å². The van der Waals surface area contributed by atoms with E-state index in [0.717, 1.165) is 72.1 Å². The van der Waals surface area contributed by atoms with Crippen molar-refractivity contribution in [3.05, 3.63) is 176 Å². The van der Waals surface area contributed by atoms with Crippen LogP contribution in [0.4, 0.5) is 17.1 Å². The number of fused-ring (bicyclic) bond motifs is 9. The van der Waals surface area contributed by atoms with Gasteiger partial charge in [-0.3, -0.25) is 0 Å². The Morgan fingerprint density at radius 1 is 0.365 bits per heavy atom. The molecule has 4 heteroatoms. The normalized spacial score (nSPS) is 11.8. The smallest absolute Gasteiger partial charge is 0.159 e. The maximum atomic E-state index is 6.62. The average molecular weight is 684 g/mol. The molecule has 0 spiro atoms. The van der Waals surface area contributed by atoms with Gasteiger partial charge < -0.3 is 13.7 Å². The van der Waals surface area contributed by atoms with Crippen molar-refractivity contribution < 1.29 is 8.83 Å². The molecule has 0 atom stereocenters. The number of nitrogens with zero attached hydrogens (tertiary/aromatic N) is 1. The zero-order valence-electron chi connectivity index (χ0n) is 27.9. The molecule has 0 aliphatic heterocycles. The first kappa shape index (κ1) is 29.1. The highest BCUT2D eigenvalue weighted by atomic mass is 32.1. The van der Waals surface area contributed by atoms with E-state index in [4.69, 9.17) is 8.83 Å². The second kappa shape index (κ2) is 11.5. The van der Waals surface area contributed by atoms with Gasteiger partial charge >= 0.3 is 0 Å². The average Bonchev–Trinajstić information content (AvgIpc) is 3.90. The van der Waals surface area contributed by atoms with E-state index in [-0.39, 0.29) is 0 Å². The van der Waals surface area contributed by atoms with E-state index in [2.05, 4.69) is 157 Å². The topological polar surface area (TPSA) is 29.5 Å². The summed E-state index contributed by atoms with van der Waals surface area (Å²) in [7, 11) is 0.